The second-order valence-corrected chi connectivity index (χ2v) is 11.2. The smallest absolute Gasteiger partial charge is 0.276 e. The van der Waals surface area contributed by atoms with Gasteiger partial charge in [0.25, 0.3) is 5.91 Å². The van der Waals surface area contributed by atoms with Gasteiger partial charge in [-0.2, -0.15) is 0 Å². The average Bonchev–Trinajstić information content (AvgIpc) is 3.44. The molecule has 2 atom stereocenters. The molecule has 170 valence electrons. The quantitative estimate of drug-likeness (QED) is 0.176. The van der Waals surface area contributed by atoms with Crippen LogP contribution in [0.15, 0.2) is 85.9 Å². The molecule has 1 aliphatic carbocycles. The lowest BCUT2D eigenvalue weighted by Gasteiger charge is -2.22. The zero-order valence-electron chi connectivity index (χ0n) is 18.1. The van der Waals surface area contributed by atoms with Crippen LogP contribution in [0.2, 0.25) is 0 Å². The molecular weight excluding hydrogens is 560 g/mol. The minimum absolute atomic E-state index is 0.122. The van der Waals surface area contributed by atoms with Crippen molar-refractivity contribution < 1.29 is 13.6 Å². The summed E-state index contributed by atoms with van der Waals surface area (Å²) in [6, 6.07) is 15.0. The van der Waals surface area contributed by atoms with E-state index in [2.05, 4.69) is 31.9 Å². The van der Waals surface area contributed by atoms with Gasteiger partial charge in [0, 0.05) is 26.3 Å². The van der Waals surface area contributed by atoms with E-state index in [0.717, 1.165) is 19.4 Å². The lowest BCUT2D eigenvalue weighted by molar-refractivity contribution is -0.124. The molecule has 0 saturated heterocycles. The first kappa shape index (κ1) is 25.2. The maximum absolute atomic E-state index is 15.2. The molecule has 1 aliphatic rings. The number of hydrogen-bond acceptors (Lipinski definition) is 2. The Bertz CT molecular complexity index is 1040. The van der Waals surface area contributed by atoms with Crippen molar-refractivity contribution in [2.75, 3.05) is 6.54 Å². The van der Waals surface area contributed by atoms with Crippen LogP contribution in [0.3, 0.4) is 0 Å². The third kappa shape index (κ3) is 6.33. The summed E-state index contributed by atoms with van der Waals surface area (Å²) in [7, 11) is 0. The number of rotatable bonds is 8. The first-order chi connectivity index (χ1) is 15.1. The highest BCUT2D eigenvalue weighted by molar-refractivity contribution is 9.13. The number of amides is 1. The zero-order valence-corrected chi connectivity index (χ0v) is 22.1. The van der Waals surface area contributed by atoms with E-state index in [1.165, 1.54) is 35.3 Å². The van der Waals surface area contributed by atoms with Gasteiger partial charge in [-0.05, 0) is 105 Å². The zero-order chi connectivity index (χ0) is 23.5. The van der Waals surface area contributed by atoms with Crippen LogP contribution in [0, 0.1) is 5.92 Å². The fraction of sp³-hybridized carbons (Fsp3) is 0.320. The fourth-order valence-electron chi connectivity index (χ4n) is 3.28. The lowest BCUT2D eigenvalue weighted by Crippen LogP contribution is -2.28. The standard InChI is InChI=1S/C25H25Br2F2NOS/c1-16(2)15-30(32-19-7-5-4-6-8-19)24(31)23(28)17(3)11-12-25(29)14-20(25)18-9-10-21(26)22(27)13-18/h4-13,16,20H,14-15H2,1-3H3/t20?,25-/m0/s1. The molecule has 1 saturated carbocycles. The van der Waals surface area contributed by atoms with Crippen LogP contribution in [0.25, 0.3) is 0 Å². The van der Waals surface area contributed by atoms with Gasteiger partial charge >= 0.3 is 0 Å². The molecule has 2 nitrogen and oxygen atoms in total. The molecule has 0 radical (unpaired) electrons. The van der Waals surface area contributed by atoms with Gasteiger partial charge in [-0.15, -0.1) is 0 Å². The van der Waals surface area contributed by atoms with Crippen molar-refractivity contribution in [2.24, 2.45) is 5.92 Å². The molecule has 2 aromatic carbocycles. The van der Waals surface area contributed by atoms with E-state index in [9.17, 15) is 9.18 Å². The minimum atomic E-state index is -1.53. The summed E-state index contributed by atoms with van der Waals surface area (Å²) in [6.45, 7) is 5.85. The predicted molar refractivity (Wildman–Crippen MR) is 135 cm³/mol. The number of nitrogens with zero attached hydrogens (tertiary/aromatic N) is 1. The number of carbonyl (C=O) groups excluding carboxylic acids is 1. The molecule has 0 spiro atoms. The molecule has 32 heavy (non-hydrogen) atoms. The van der Waals surface area contributed by atoms with E-state index >= 15 is 4.39 Å². The summed E-state index contributed by atoms with van der Waals surface area (Å²) >= 11 is 8.07. The van der Waals surface area contributed by atoms with Crippen LogP contribution in [0.4, 0.5) is 8.78 Å². The number of hydrogen-bond donors (Lipinski definition) is 0. The van der Waals surface area contributed by atoms with E-state index in [1.807, 2.05) is 62.4 Å². The Morgan fingerprint density at radius 1 is 1.22 bits per heavy atom. The van der Waals surface area contributed by atoms with E-state index in [0.29, 0.717) is 13.0 Å². The van der Waals surface area contributed by atoms with E-state index in [1.54, 1.807) is 0 Å². The van der Waals surface area contributed by atoms with Crippen molar-refractivity contribution in [3.05, 3.63) is 86.6 Å². The van der Waals surface area contributed by atoms with E-state index in [4.69, 9.17) is 0 Å². The molecule has 0 bridgehead atoms. The third-order valence-corrected chi connectivity index (χ3v) is 8.04. The topological polar surface area (TPSA) is 20.3 Å². The van der Waals surface area contributed by atoms with Crippen molar-refractivity contribution in [2.45, 2.75) is 43.7 Å². The summed E-state index contributed by atoms with van der Waals surface area (Å²) < 4.78 is 33.4. The molecule has 1 fully saturated rings. The van der Waals surface area contributed by atoms with Gasteiger partial charge in [0.1, 0.15) is 5.67 Å². The molecule has 3 rings (SSSR count). The summed E-state index contributed by atoms with van der Waals surface area (Å²) in [5.74, 6) is -1.67. The molecule has 1 amide bonds. The summed E-state index contributed by atoms with van der Waals surface area (Å²) in [5.41, 5.74) is -0.529. The molecule has 1 unspecified atom stereocenters. The van der Waals surface area contributed by atoms with Crippen molar-refractivity contribution in [1.82, 2.24) is 4.31 Å². The second kappa shape index (κ2) is 10.7. The Labute approximate surface area is 209 Å². The summed E-state index contributed by atoms with van der Waals surface area (Å²) in [5, 5.41) is 0. The van der Waals surface area contributed by atoms with Crippen LogP contribution < -0.4 is 0 Å². The Hall–Kier alpha value is -1.44. The van der Waals surface area contributed by atoms with Gasteiger partial charge in [-0.3, -0.25) is 9.10 Å². The second-order valence-electron chi connectivity index (χ2n) is 8.35. The van der Waals surface area contributed by atoms with E-state index < -0.39 is 17.4 Å². The summed E-state index contributed by atoms with van der Waals surface area (Å²) in [6.07, 6.45) is 3.11. The maximum atomic E-state index is 15.2. The molecule has 0 N–H and O–H groups in total. The number of carbonyl (C=O) groups is 1. The maximum Gasteiger partial charge on any atom is 0.292 e. The first-order valence-corrected chi connectivity index (χ1v) is 12.7. The Kier molecular flexibility index (Phi) is 8.39. The molecule has 0 heterocycles. The molecular formula is C25H25Br2F2NOS. The highest BCUT2D eigenvalue weighted by Gasteiger charge is 2.54. The molecule has 0 aliphatic heterocycles. The van der Waals surface area contributed by atoms with Gasteiger partial charge in [-0.1, -0.05) is 44.2 Å². The first-order valence-electron chi connectivity index (χ1n) is 10.3. The van der Waals surface area contributed by atoms with Crippen molar-refractivity contribution in [1.29, 1.82) is 0 Å². The predicted octanol–water partition coefficient (Wildman–Crippen LogP) is 8.40. The van der Waals surface area contributed by atoms with Gasteiger partial charge < -0.3 is 0 Å². The average molecular weight is 585 g/mol. The molecule has 2 aromatic rings. The Morgan fingerprint density at radius 2 is 1.91 bits per heavy atom. The number of alkyl halides is 1. The Balaban J connectivity index is 1.73. The van der Waals surface area contributed by atoms with Crippen LogP contribution >= 0.6 is 43.8 Å². The van der Waals surface area contributed by atoms with Gasteiger partial charge in [0.2, 0.25) is 0 Å². The van der Waals surface area contributed by atoms with Gasteiger partial charge in [-0.25, -0.2) is 8.78 Å². The number of halogens is 4. The van der Waals surface area contributed by atoms with Crippen LogP contribution in [0.1, 0.15) is 38.7 Å². The molecule has 7 heteroatoms. The van der Waals surface area contributed by atoms with Crippen molar-refractivity contribution in [3.8, 4) is 0 Å². The largest absolute Gasteiger partial charge is 0.292 e. The van der Waals surface area contributed by atoms with Crippen LogP contribution in [-0.4, -0.2) is 22.4 Å². The number of allylic oxidation sites excluding steroid dienone is 3. The lowest BCUT2D eigenvalue weighted by atomic mass is 10.1. The SMILES string of the molecule is CC(C=C[C@]1(F)CC1c1ccc(Br)c(Br)c1)=C(F)C(=O)N(CC(C)C)Sc1ccccc1. The fourth-order valence-corrected chi connectivity index (χ4v) is 4.99. The normalized spacial score (nSPS) is 21.1. The highest BCUT2D eigenvalue weighted by Crippen LogP contribution is 2.56. The van der Waals surface area contributed by atoms with Crippen molar-refractivity contribution in [3.63, 3.8) is 0 Å². The highest BCUT2D eigenvalue weighted by atomic mass is 79.9. The van der Waals surface area contributed by atoms with E-state index in [-0.39, 0.29) is 17.4 Å². The van der Waals surface area contributed by atoms with Gasteiger partial charge in [0.15, 0.2) is 5.83 Å². The minimum Gasteiger partial charge on any atom is -0.276 e. The molecule has 0 aromatic heterocycles. The summed E-state index contributed by atoms with van der Waals surface area (Å²) in [4.78, 5) is 13.7. The van der Waals surface area contributed by atoms with Gasteiger partial charge in [0.05, 0.1) is 0 Å². The van der Waals surface area contributed by atoms with Crippen molar-refractivity contribution >= 4 is 49.7 Å². The monoisotopic (exact) mass is 583 g/mol. The number of benzene rings is 2. The van der Waals surface area contributed by atoms with Crippen LogP contribution in [0.5, 0.6) is 0 Å². The third-order valence-electron chi connectivity index (χ3n) is 5.14. The Morgan fingerprint density at radius 3 is 2.53 bits per heavy atom. The van der Waals surface area contributed by atoms with Crippen LogP contribution in [-0.2, 0) is 4.79 Å².